The number of rotatable bonds is 0. The second kappa shape index (κ2) is 5.48. The first-order valence-corrected chi connectivity index (χ1v) is 12.8. The molecule has 0 aliphatic heterocycles. The van der Waals surface area contributed by atoms with E-state index in [1.54, 1.807) is 0 Å². The molecule has 0 bridgehead atoms. The van der Waals surface area contributed by atoms with Crippen LogP contribution < -0.4 is 0 Å². The van der Waals surface area contributed by atoms with Crippen molar-refractivity contribution in [2.75, 3.05) is 0 Å². The van der Waals surface area contributed by atoms with E-state index < -0.39 is 0 Å². The Bertz CT molecular complexity index is 2250. The van der Waals surface area contributed by atoms with E-state index in [2.05, 4.69) is 94.9 Å². The van der Waals surface area contributed by atoms with Gasteiger partial charge in [0.15, 0.2) is 0 Å². The highest BCUT2D eigenvalue weighted by atomic mass is 32.1. The van der Waals surface area contributed by atoms with E-state index in [-0.39, 0.29) is 0 Å². The third kappa shape index (κ3) is 1.78. The van der Waals surface area contributed by atoms with Crippen LogP contribution in [0, 0.1) is 0 Å². The summed E-state index contributed by atoms with van der Waals surface area (Å²) in [5.74, 6) is 0. The Morgan fingerprint density at radius 2 is 1.12 bits per heavy atom. The molecular formula is C29H16N2S2. The van der Waals surface area contributed by atoms with E-state index in [9.17, 15) is 0 Å². The molecule has 4 heteroatoms. The third-order valence-electron chi connectivity index (χ3n) is 7.47. The first-order chi connectivity index (χ1) is 16.3. The minimum atomic E-state index is 1.31. The lowest BCUT2D eigenvalue weighted by Gasteiger charge is -2.03. The minimum Gasteiger partial charge on any atom is -0.344 e. The number of hydrogen-bond donors (Lipinski definition) is 0. The molecule has 5 heterocycles. The predicted molar refractivity (Wildman–Crippen MR) is 146 cm³/mol. The van der Waals surface area contributed by atoms with E-state index in [0.29, 0.717) is 0 Å². The van der Waals surface area contributed by atoms with Gasteiger partial charge in [0.1, 0.15) is 0 Å². The summed E-state index contributed by atoms with van der Waals surface area (Å²) in [4.78, 5) is 0. The van der Waals surface area contributed by atoms with Crippen LogP contribution in [0.1, 0.15) is 0 Å². The quantitative estimate of drug-likeness (QED) is 0.215. The molecule has 154 valence electrons. The van der Waals surface area contributed by atoms with E-state index in [1.165, 1.54) is 78.7 Å². The molecule has 5 aromatic heterocycles. The molecule has 9 aromatic rings. The maximum Gasteiger partial charge on any atom is 0.0728 e. The Morgan fingerprint density at radius 3 is 1.85 bits per heavy atom. The van der Waals surface area contributed by atoms with Gasteiger partial charge in [-0.1, -0.05) is 48.5 Å². The molecule has 0 fully saturated rings. The van der Waals surface area contributed by atoms with Gasteiger partial charge in [-0.3, -0.25) is 0 Å². The van der Waals surface area contributed by atoms with Gasteiger partial charge in [-0.15, -0.1) is 22.7 Å². The van der Waals surface area contributed by atoms with Gasteiger partial charge in [-0.05, 0) is 30.3 Å². The standard InChI is InChI=1S/C29H16N2S2/c1-30-19-10-6-9-17-23(19)24-20(30)14-13-18-25(24)31(26-15-7-2-4-11-21(15)32-28(17)26)27-16-8-3-5-12-22(16)33-29(18)27/h2-14H,1H3. The van der Waals surface area contributed by atoms with Gasteiger partial charge in [0.2, 0.25) is 0 Å². The molecule has 0 aliphatic carbocycles. The molecule has 0 radical (unpaired) electrons. The van der Waals surface area contributed by atoms with Gasteiger partial charge in [0.25, 0.3) is 0 Å². The van der Waals surface area contributed by atoms with Gasteiger partial charge < -0.3 is 8.97 Å². The Balaban J connectivity index is 1.82. The fourth-order valence-electron chi connectivity index (χ4n) is 6.13. The normalized spacial score (nSPS) is 13.0. The van der Waals surface area contributed by atoms with Crippen LogP contribution in [0.5, 0.6) is 0 Å². The number of aryl methyl sites for hydroxylation is 1. The largest absolute Gasteiger partial charge is 0.344 e. The van der Waals surface area contributed by atoms with E-state index in [1.807, 2.05) is 22.7 Å². The second-order valence-corrected chi connectivity index (χ2v) is 11.1. The van der Waals surface area contributed by atoms with Gasteiger partial charge in [0.05, 0.1) is 31.5 Å². The SMILES string of the molecule is Cn1c2cccc3c4sc5ccccc5c4n4c5c6ccccc6sc5c5ccc1c(c32)c54. The zero-order chi connectivity index (χ0) is 21.4. The van der Waals surface area contributed by atoms with Crippen molar-refractivity contribution in [1.82, 2.24) is 8.97 Å². The zero-order valence-electron chi connectivity index (χ0n) is 17.7. The van der Waals surface area contributed by atoms with Crippen molar-refractivity contribution in [2.24, 2.45) is 7.05 Å². The first kappa shape index (κ1) is 17.0. The van der Waals surface area contributed by atoms with Crippen molar-refractivity contribution in [1.29, 1.82) is 0 Å². The summed E-state index contributed by atoms with van der Waals surface area (Å²) in [6, 6.07) is 29.3. The number of fused-ring (bicyclic) bond motifs is 10. The van der Waals surface area contributed by atoms with Crippen molar-refractivity contribution >= 4 is 101 Å². The molecule has 0 saturated heterocycles. The topological polar surface area (TPSA) is 9.34 Å². The van der Waals surface area contributed by atoms with Gasteiger partial charge in [0, 0.05) is 54.3 Å². The molecule has 0 saturated carbocycles. The smallest absolute Gasteiger partial charge is 0.0728 e. The lowest BCUT2D eigenvalue weighted by molar-refractivity contribution is 1.01. The maximum atomic E-state index is 2.61. The highest BCUT2D eigenvalue weighted by Gasteiger charge is 2.24. The van der Waals surface area contributed by atoms with Crippen molar-refractivity contribution in [3.8, 4) is 0 Å². The average molecular weight is 457 g/mol. The summed E-state index contributed by atoms with van der Waals surface area (Å²) in [5, 5.41) is 8.20. The molecule has 33 heavy (non-hydrogen) atoms. The van der Waals surface area contributed by atoms with Crippen molar-refractivity contribution in [3.05, 3.63) is 78.9 Å². The van der Waals surface area contributed by atoms with Crippen molar-refractivity contribution in [3.63, 3.8) is 0 Å². The number of benzene rings is 4. The molecule has 9 rings (SSSR count). The lowest BCUT2D eigenvalue weighted by Crippen LogP contribution is -1.88. The van der Waals surface area contributed by atoms with Crippen molar-refractivity contribution < 1.29 is 0 Å². The van der Waals surface area contributed by atoms with E-state index >= 15 is 0 Å². The van der Waals surface area contributed by atoms with Crippen LogP contribution in [0.3, 0.4) is 0 Å². The van der Waals surface area contributed by atoms with Crippen LogP contribution in [-0.4, -0.2) is 8.97 Å². The number of hydrogen-bond acceptors (Lipinski definition) is 2. The maximum absolute atomic E-state index is 2.61. The van der Waals surface area contributed by atoms with Gasteiger partial charge >= 0.3 is 0 Å². The molecule has 0 spiro atoms. The Labute approximate surface area is 195 Å². The zero-order valence-corrected chi connectivity index (χ0v) is 19.3. The lowest BCUT2D eigenvalue weighted by atomic mass is 10.1. The van der Waals surface area contributed by atoms with Crippen LogP contribution >= 0.6 is 22.7 Å². The highest BCUT2D eigenvalue weighted by Crippen LogP contribution is 2.49. The van der Waals surface area contributed by atoms with Crippen LogP contribution in [0.4, 0.5) is 0 Å². The van der Waals surface area contributed by atoms with Crippen LogP contribution in [0.25, 0.3) is 78.7 Å². The molecule has 0 unspecified atom stereocenters. The average Bonchev–Trinajstić information content (AvgIpc) is 3.55. The van der Waals surface area contributed by atoms with Crippen molar-refractivity contribution in [2.45, 2.75) is 0 Å². The van der Waals surface area contributed by atoms with Crippen LogP contribution in [0.15, 0.2) is 78.9 Å². The van der Waals surface area contributed by atoms with Gasteiger partial charge in [-0.2, -0.15) is 0 Å². The molecule has 2 nitrogen and oxygen atoms in total. The monoisotopic (exact) mass is 456 g/mol. The van der Waals surface area contributed by atoms with Crippen LogP contribution in [0.2, 0.25) is 0 Å². The fourth-order valence-corrected chi connectivity index (χ4v) is 8.56. The van der Waals surface area contributed by atoms with Crippen LogP contribution in [-0.2, 0) is 7.05 Å². The fraction of sp³-hybridized carbons (Fsp3) is 0.0345. The summed E-state index contributed by atoms with van der Waals surface area (Å²) in [5.41, 5.74) is 6.67. The van der Waals surface area contributed by atoms with E-state index in [4.69, 9.17) is 0 Å². The summed E-state index contributed by atoms with van der Waals surface area (Å²) >= 11 is 3.85. The summed E-state index contributed by atoms with van der Waals surface area (Å²) in [6.45, 7) is 0. The molecule has 4 aromatic carbocycles. The predicted octanol–water partition coefficient (Wildman–Crippen LogP) is 8.91. The summed E-state index contributed by atoms with van der Waals surface area (Å²) in [6.07, 6.45) is 0. The van der Waals surface area contributed by atoms with Gasteiger partial charge in [-0.25, -0.2) is 0 Å². The Morgan fingerprint density at radius 1 is 0.515 bits per heavy atom. The highest BCUT2D eigenvalue weighted by molar-refractivity contribution is 7.27. The molecule has 0 atom stereocenters. The first-order valence-electron chi connectivity index (χ1n) is 11.2. The van der Waals surface area contributed by atoms with E-state index in [0.717, 1.165) is 0 Å². The second-order valence-electron chi connectivity index (χ2n) is 9.00. The molecule has 0 aliphatic rings. The number of nitrogens with zero attached hydrogens (tertiary/aromatic N) is 2. The summed E-state index contributed by atoms with van der Waals surface area (Å²) < 4.78 is 10.5. The Hall–Kier alpha value is -3.60. The molecule has 0 N–H and O–H groups in total. The molecular weight excluding hydrogens is 440 g/mol. The minimum absolute atomic E-state index is 1.31. The Kier molecular flexibility index (Phi) is 2.81. The number of thiophene rings is 2. The molecule has 0 amide bonds. The third-order valence-corrected chi connectivity index (χ3v) is 9.86. The summed E-state index contributed by atoms with van der Waals surface area (Å²) in [7, 11) is 2.21. The number of aromatic nitrogens is 2.